The number of piperidine rings is 1. The van der Waals surface area contributed by atoms with Gasteiger partial charge in [-0.15, -0.1) is 0 Å². The molecule has 0 aromatic heterocycles. The zero-order chi connectivity index (χ0) is 17.1. The van der Waals surface area contributed by atoms with E-state index in [-0.39, 0.29) is 17.6 Å². The van der Waals surface area contributed by atoms with Crippen LogP contribution in [0.15, 0.2) is 24.3 Å². The summed E-state index contributed by atoms with van der Waals surface area (Å²) in [6.07, 6.45) is 9.80. The van der Waals surface area contributed by atoms with Crippen molar-refractivity contribution in [2.24, 2.45) is 0 Å². The maximum atomic E-state index is 12.5. The van der Waals surface area contributed by atoms with E-state index in [1.165, 1.54) is 50.8 Å². The van der Waals surface area contributed by atoms with Gasteiger partial charge in [-0.1, -0.05) is 31.4 Å². The van der Waals surface area contributed by atoms with Gasteiger partial charge in [-0.3, -0.25) is 9.69 Å². The summed E-state index contributed by atoms with van der Waals surface area (Å²) in [5.41, 5.74) is 2.12. The number of amides is 1. The summed E-state index contributed by atoms with van der Waals surface area (Å²) >= 11 is 0. The van der Waals surface area contributed by atoms with E-state index < -0.39 is 0 Å². The Balaban J connectivity index is 1.30. The molecule has 2 saturated heterocycles. The molecule has 1 atom stereocenters. The molecular formula is C21H30N2O2. The molecule has 0 radical (unpaired) electrons. The second kappa shape index (κ2) is 7.46. The molecule has 3 aliphatic rings. The zero-order valence-electron chi connectivity index (χ0n) is 15.1. The number of hydrogen-bond donors (Lipinski definition) is 1. The maximum Gasteiger partial charge on any atom is 0.251 e. The molecule has 4 heteroatoms. The van der Waals surface area contributed by atoms with Crippen LogP contribution in [0.25, 0.3) is 0 Å². The Labute approximate surface area is 150 Å². The van der Waals surface area contributed by atoms with Gasteiger partial charge in [0.2, 0.25) is 0 Å². The second-order valence-electron chi connectivity index (χ2n) is 8.11. The van der Waals surface area contributed by atoms with E-state index in [4.69, 9.17) is 4.74 Å². The number of benzene rings is 1. The molecule has 25 heavy (non-hydrogen) atoms. The molecule has 1 saturated carbocycles. The Hall–Kier alpha value is -1.39. The quantitative estimate of drug-likeness (QED) is 0.910. The van der Waals surface area contributed by atoms with Crippen LogP contribution in [0.4, 0.5) is 0 Å². The lowest BCUT2D eigenvalue weighted by molar-refractivity contribution is 0.00988. The molecular weight excluding hydrogens is 312 g/mol. The molecule has 1 aromatic rings. The molecule has 4 rings (SSSR count). The standard InChI is InChI=1S/C21H30N2O2/c24-20(22-19-14-21(25-16-19)10-2-3-11-21)18-8-6-17(7-9-18)15-23-12-4-1-5-13-23/h6-9,19H,1-5,10-16H2,(H,22,24)/t19-/m0/s1. The van der Waals surface area contributed by atoms with Gasteiger partial charge in [-0.25, -0.2) is 0 Å². The summed E-state index contributed by atoms with van der Waals surface area (Å²) in [6.45, 7) is 4.07. The highest BCUT2D eigenvalue weighted by atomic mass is 16.5. The molecule has 0 bridgehead atoms. The smallest absolute Gasteiger partial charge is 0.251 e. The second-order valence-corrected chi connectivity index (χ2v) is 8.11. The van der Waals surface area contributed by atoms with Gasteiger partial charge in [0.1, 0.15) is 0 Å². The van der Waals surface area contributed by atoms with Gasteiger partial charge >= 0.3 is 0 Å². The Morgan fingerprint density at radius 2 is 1.80 bits per heavy atom. The van der Waals surface area contributed by atoms with Crippen LogP contribution in [0.2, 0.25) is 0 Å². The van der Waals surface area contributed by atoms with Gasteiger partial charge in [0.15, 0.2) is 0 Å². The minimum absolute atomic E-state index is 0.0353. The van der Waals surface area contributed by atoms with Crippen molar-refractivity contribution in [2.75, 3.05) is 19.7 Å². The van der Waals surface area contributed by atoms with Crippen molar-refractivity contribution in [3.63, 3.8) is 0 Å². The van der Waals surface area contributed by atoms with Crippen LogP contribution in [-0.4, -0.2) is 42.1 Å². The molecule has 2 heterocycles. The number of nitrogens with one attached hydrogen (secondary N) is 1. The number of nitrogens with zero attached hydrogens (tertiary/aromatic N) is 1. The third-order valence-corrected chi connectivity index (χ3v) is 6.13. The molecule has 1 spiro atoms. The highest BCUT2D eigenvalue weighted by Crippen LogP contribution is 2.40. The van der Waals surface area contributed by atoms with Crippen LogP contribution < -0.4 is 5.32 Å². The largest absolute Gasteiger partial charge is 0.373 e. The molecule has 0 unspecified atom stereocenters. The molecule has 1 amide bonds. The first-order valence-electron chi connectivity index (χ1n) is 9.99. The van der Waals surface area contributed by atoms with Crippen LogP contribution in [0.3, 0.4) is 0 Å². The van der Waals surface area contributed by atoms with Gasteiger partial charge in [0.25, 0.3) is 5.91 Å². The first kappa shape index (κ1) is 17.0. The van der Waals surface area contributed by atoms with Crippen LogP contribution in [0, 0.1) is 0 Å². The molecule has 136 valence electrons. The topological polar surface area (TPSA) is 41.6 Å². The highest BCUT2D eigenvalue weighted by molar-refractivity contribution is 5.94. The first-order chi connectivity index (χ1) is 12.2. The number of hydrogen-bond acceptors (Lipinski definition) is 3. The van der Waals surface area contributed by atoms with Crippen LogP contribution in [-0.2, 0) is 11.3 Å². The van der Waals surface area contributed by atoms with Crippen molar-refractivity contribution < 1.29 is 9.53 Å². The lowest BCUT2D eigenvalue weighted by atomic mass is 9.96. The Morgan fingerprint density at radius 1 is 1.08 bits per heavy atom. The van der Waals surface area contributed by atoms with Gasteiger partial charge in [-0.05, 0) is 62.9 Å². The first-order valence-corrected chi connectivity index (χ1v) is 9.99. The average Bonchev–Trinajstić information content (AvgIpc) is 3.26. The van der Waals surface area contributed by atoms with Gasteiger partial charge < -0.3 is 10.1 Å². The van der Waals surface area contributed by atoms with Crippen LogP contribution >= 0.6 is 0 Å². The number of likely N-dealkylation sites (tertiary alicyclic amines) is 1. The van der Waals surface area contributed by atoms with Crippen molar-refractivity contribution in [1.29, 1.82) is 0 Å². The van der Waals surface area contributed by atoms with Crippen molar-refractivity contribution >= 4 is 5.91 Å². The summed E-state index contributed by atoms with van der Waals surface area (Å²) < 4.78 is 6.03. The van der Waals surface area contributed by atoms with E-state index in [1.54, 1.807) is 0 Å². The van der Waals surface area contributed by atoms with Crippen molar-refractivity contribution in [3.8, 4) is 0 Å². The number of rotatable bonds is 4. The normalized spacial score (nSPS) is 26.2. The van der Waals surface area contributed by atoms with Crippen molar-refractivity contribution in [2.45, 2.75) is 69.6 Å². The predicted molar refractivity (Wildman–Crippen MR) is 98.6 cm³/mol. The van der Waals surface area contributed by atoms with Crippen LogP contribution in [0.5, 0.6) is 0 Å². The van der Waals surface area contributed by atoms with Crippen molar-refractivity contribution in [1.82, 2.24) is 10.2 Å². The predicted octanol–water partition coefficient (Wildman–Crippen LogP) is 3.50. The van der Waals surface area contributed by atoms with E-state index in [9.17, 15) is 4.79 Å². The van der Waals surface area contributed by atoms with E-state index in [0.717, 1.165) is 31.4 Å². The fraction of sp³-hybridized carbons (Fsp3) is 0.667. The Kier molecular flexibility index (Phi) is 5.09. The summed E-state index contributed by atoms with van der Waals surface area (Å²) in [5, 5.41) is 3.17. The molecule has 1 aliphatic carbocycles. The van der Waals surface area contributed by atoms with E-state index >= 15 is 0 Å². The third-order valence-electron chi connectivity index (χ3n) is 6.13. The minimum atomic E-state index is 0.0353. The van der Waals surface area contributed by atoms with Gasteiger partial charge in [0.05, 0.1) is 18.2 Å². The lowest BCUT2D eigenvalue weighted by Crippen LogP contribution is -2.36. The fourth-order valence-corrected chi connectivity index (χ4v) is 4.71. The van der Waals surface area contributed by atoms with Crippen LogP contribution in [0.1, 0.15) is 67.3 Å². The molecule has 1 N–H and O–H groups in total. The SMILES string of the molecule is O=C(N[C@@H]1COC2(CCCC2)C1)c1ccc(CN2CCCCC2)cc1. The third kappa shape index (κ3) is 4.06. The van der Waals surface area contributed by atoms with Gasteiger partial charge in [-0.2, -0.15) is 0 Å². The highest BCUT2D eigenvalue weighted by Gasteiger charge is 2.42. The number of carbonyl (C=O) groups excluding carboxylic acids is 1. The summed E-state index contributed by atoms with van der Waals surface area (Å²) in [6, 6.07) is 8.31. The number of ether oxygens (including phenoxy) is 1. The van der Waals surface area contributed by atoms with E-state index in [1.807, 2.05) is 12.1 Å². The van der Waals surface area contributed by atoms with E-state index in [2.05, 4.69) is 22.3 Å². The minimum Gasteiger partial charge on any atom is -0.373 e. The summed E-state index contributed by atoms with van der Waals surface area (Å²) in [4.78, 5) is 15.0. The fourth-order valence-electron chi connectivity index (χ4n) is 4.71. The average molecular weight is 342 g/mol. The lowest BCUT2D eigenvalue weighted by Gasteiger charge is -2.26. The Bertz CT molecular complexity index is 586. The van der Waals surface area contributed by atoms with Crippen molar-refractivity contribution in [3.05, 3.63) is 35.4 Å². The molecule has 3 fully saturated rings. The summed E-state index contributed by atoms with van der Waals surface area (Å²) in [7, 11) is 0. The monoisotopic (exact) mass is 342 g/mol. The Morgan fingerprint density at radius 3 is 2.52 bits per heavy atom. The molecule has 4 nitrogen and oxygen atoms in total. The van der Waals surface area contributed by atoms with E-state index in [0.29, 0.717) is 6.61 Å². The zero-order valence-corrected chi connectivity index (χ0v) is 15.1. The summed E-state index contributed by atoms with van der Waals surface area (Å²) in [5.74, 6) is 0.0353. The number of carbonyl (C=O) groups is 1. The molecule has 1 aromatic carbocycles. The maximum absolute atomic E-state index is 12.5. The van der Waals surface area contributed by atoms with Gasteiger partial charge in [0, 0.05) is 12.1 Å². The molecule has 2 aliphatic heterocycles.